The van der Waals surface area contributed by atoms with E-state index >= 15 is 0 Å². The molecule has 1 aliphatic carbocycles. The van der Waals surface area contributed by atoms with Crippen LogP contribution in [0.5, 0.6) is 0 Å². The summed E-state index contributed by atoms with van der Waals surface area (Å²) in [5.41, 5.74) is 2.33. The summed E-state index contributed by atoms with van der Waals surface area (Å²) < 4.78 is 1.69. The fraction of sp³-hybridized carbons (Fsp3) is 0.400. The van der Waals surface area contributed by atoms with Gasteiger partial charge < -0.3 is 9.88 Å². The van der Waals surface area contributed by atoms with Crippen LogP contribution in [0.1, 0.15) is 20.3 Å². The number of benzene rings is 1. The summed E-state index contributed by atoms with van der Waals surface area (Å²) in [6.07, 6.45) is 1.16. The molecule has 1 aromatic carbocycles. The molecule has 1 aromatic heterocycles. The Morgan fingerprint density at radius 2 is 2.00 bits per heavy atom. The second-order valence-electron chi connectivity index (χ2n) is 5.86. The summed E-state index contributed by atoms with van der Waals surface area (Å²) in [5, 5.41) is 4.62. The molecule has 0 aliphatic heterocycles. The number of aryl methyl sites for hydroxylation is 1. The van der Waals surface area contributed by atoms with E-state index < -0.39 is 0 Å². The molecule has 0 saturated heterocycles. The van der Waals surface area contributed by atoms with E-state index in [2.05, 4.69) is 25.2 Å². The number of fused-ring (bicyclic) bond motifs is 1. The lowest BCUT2D eigenvalue weighted by Crippen LogP contribution is -2.18. The molecule has 0 radical (unpaired) electrons. The Kier molecular flexibility index (Phi) is 2.27. The highest BCUT2D eigenvalue weighted by atomic mass is 16.1. The van der Waals surface area contributed by atoms with Crippen LogP contribution < -0.4 is 10.9 Å². The number of nitrogens with zero attached hydrogens (tertiary/aromatic N) is 1. The molecule has 94 valence electrons. The van der Waals surface area contributed by atoms with E-state index in [0.29, 0.717) is 11.5 Å². The molecule has 1 N–H and O–H groups in total. The van der Waals surface area contributed by atoms with Crippen LogP contribution in [-0.2, 0) is 7.05 Å². The van der Waals surface area contributed by atoms with Gasteiger partial charge in [-0.2, -0.15) is 0 Å². The van der Waals surface area contributed by atoms with Crippen molar-refractivity contribution in [2.75, 3.05) is 5.32 Å². The van der Waals surface area contributed by atoms with Gasteiger partial charge in [0.2, 0.25) is 0 Å². The molecule has 3 nitrogen and oxygen atoms in total. The lowest BCUT2D eigenvalue weighted by atomic mass is 10.1. The molecule has 0 spiro atoms. The third-order valence-electron chi connectivity index (χ3n) is 4.00. The highest BCUT2D eigenvalue weighted by Gasteiger charge is 2.45. The quantitative estimate of drug-likeness (QED) is 0.878. The first-order valence-electron chi connectivity index (χ1n) is 6.34. The lowest BCUT2D eigenvalue weighted by molar-refractivity contribution is 0.631. The molecule has 3 rings (SSSR count). The minimum atomic E-state index is 0.0367. The van der Waals surface area contributed by atoms with E-state index in [1.54, 1.807) is 10.6 Å². The summed E-state index contributed by atoms with van der Waals surface area (Å²) in [5.74, 6) is 0. The Hall–Kier alpha value is -1.77. The van der Waals surface area contributed by atoms with Crippen LogP contribution in [0.2, 0.25) is 0 Å². The highest BCUT2D eigenvalue weighted by molar-refractivity contribution is 5.91. The SMILES string of the molecule is Cn1c(=O)cc(NC2CC2(C)C)c2ccccc21. The number of rotatable bonds is 2. The largest absolute Gasteiger partial charge is 0.381 e. The third-order valence-corrected chi connectivity index (χ3v) is 4.00. The number of hydrogen-bond acceptors (Lipinski definition) is 2. The molecule has 18 heavy (non-hydrogen) atoms. The molecule has 1 saturated carbocycles. The van der Waals surface area contributed by atoms with Crippen LogP contribution >= 0.6 is 0 Å². The maximum atomic E-state index is 11.9. The van der Waals surface area contributed by atoms with E-state index in [9.17, 15) is 4.79 Å². The maximum Gasteiger partial charge on any atom is 0.252 e. The number of anilines is 1. The summed E-state index contributed by atoms with van der Waals surface area (Å²) in [7, 11) is 1.81. The average Bonchev–Trinajstić information content (AvgIpc) is 2.93. The number of hydrogen-bond donors (Lipinski definition) is 1. The Bertz CT molecular complexity index is 670. The Labute approximate surface area is 106 Å². The number of nitrogens with one attached hydrogen (secondary N) is 1. The first-order chi connectivity index (χ1) is 8.49. The van der Waals surface area contributed by atoms with Crippen LogP contribution in [0, 0.1) is 5.41 Å². The molecule has 2 aromatic rings. The van der Waals surface area contributed by atoms with Gasteiger partial charge in [0.15, 0.2) is 0 Å². The molecule has 3 heteroatoms. The van der Waals surface area contributed by atoms with Gasteiger partial charge in [0.05, 0.1) is 5.52 Å². The van der Waals surface area contributed by atoms with E-state index in [4.69, 9.17) is 0 Å². The monoisotopic (exact) mass is 242 g/mol. The molecular weight excluding hydrogens is 224 g/mol. The Morgan fingerprint density at radius 1 is 1.33 bits per heavy atom. The standard InChI is InChI=1S/C15H18N2O/c1-15(2)9-13(15)16-11-8-14(18)17(3)12-7-5-4-6-10(11)12/h4-8,13,16H,9H2,1-3H3. The summed E-state index contributed by atoms with van der Waals surface area (Å²) >= 11 is 0. The molecule has 1 fully saturated rings. The highest BCUT2D eigenvalue weighted by Crippen LogP contribution is 2.46. The molecule has 1 aliphatic rings. The number of pyridine rings is 1. The Morgan fingerprint density at radius 3 is 2.67 bits per heavy atom. The van der Waals surface area contributed by atoms with Crippen molar-refractivity contribution in [2.24, 2.45) is 12.5 Å². The first-order valence-corrected chi connectivity index (χ1v) is 6.34. The van der Waals surface area contributed by atoms with Crippen molar-refractivity contribution < 1.29 is 0 Å². The van der Waals surface area contributed by atoms with Crippen molar-refractivity contribution in [3.63, 3.8) is 0 Å². The Balaban J connectivity index is 2.12. The summed E-state index contributed by atoms with van der Waals surface area (Å²) in [6.45, 7) is 4.49. The number of aromatic nitrogens is 1. The van der Waals surface area contributed by atoms with Gasteiger partial charge in [-0.25, -0.2) is 0 Å². The normalized spacial score (nSPS) is 20.9. The topological polar surface area (TPSA) is 34.0 Å². The van der Waals surface area contributed by atoms with Crippen molar-refractivity contribution in [1.82, 2.24) is 4.57 Å². The van der Waals surface area contributed by atoms with Crippen LogP contribution in [-0.4, -0.2) is 10.6 Å². The van der Waals surface area contributed by atoms with Gasteiger partial charge in [-0.05, 0) is 17.9 Å². The minimum absolute atomic E-state index is 0.0367. The zero-order valence-electron chi connectivity index (χ0n) is 11.0. The molecule has 0 amide bonds. The van der Waals surface area contributed by atoms with Gasteiger partial charge in [0.25, 0.3) is 5.56 Å². The van der Waals surface area contributed by atoms with Crippen molar-refractivity contribution >= 4 is 16.6 Å². The van der Waals surface area contributed by atoms with Crippen LogP contribution in [0.15, 0.2) is 35.1 Å². The fourth-order valence-electron chi connectivity index (χ4n) is 2.43. The van der Waals surface area contributed by atoms with E-state index in [0.717, 1.165) is 23.0 Å². The number of para-hydroxylation sites is 1. The van der Waals surface area contributed by atoms with Crippen molar-refractivity contribution in [1.29, 1.82) is 0 Å². The van der Waals surface area contributed by atoms with Crippen LogP contribution in [0.3, 0.4) is 0 Å². The second kappa shape index (κ2) is 3.61. The van der Waals surface area contributed by atoms with E-state index in [1.165, 1.54) is 0 Å². The second-order valence-corrected chi connectivity index (χ2v) is 5.86. The smallest absolute Gasteiger partial charge is 0.252 e. The zero-order chi connectivity index (χ0) is 12.9. The van der Waals surface area contributed by atoms with E-state index in [-0.39, 0.29) is 5.56 Å². The molecule has 1 unspecified atom stereocenters. The molecule has 0 bridgehead atoms. The van der Waals surface area contributed by atoms with Crippen molar-refractivity contribution in [2.45, 2.75) is 26.3 Å². The molecular formula is C15H18N2O. The first kappa shape index (κ1) is 11.3. The van der Waals surface area contributed by atoms with Gasteiger partial charge in [-0.1, -0.05) is 32.0 Å². The van der Waals surface area contributed by atoms with Crippen LogP contribution in [0.25, 0.3) is 10.9 Å². The zero-order valence-corrected chi connectivity index (χ0v) is 11.0. The van der Waals surface area contributed by atoms with Gasteiger partial charge in [-0.3, -0.25) is 4.79 Å². The maximum absolute atomic E-state index is 11.9. The molecule has 1 atom stereocenters. The lowest BCUT2D eigenvalue weighted by Gasteiger charge is -2.13. The van der Waals surface area contributed by atoms with Gasteiger partial charge in [-0.15, -0.1) is 0 Å². The fourth-order valence-corrected chi connectivity index (χ4v) is 2.43. The van der Waals surface area contributed by atoms with Gasteiger partial charge in [0, 0.05) is 30.2 Å². The van der Waals surface area contributed by atoms with Crippen molar-refractivity contribution in [3.8, 4) is 0 Å². The van der Waals surface area contributed by atoms with Crippen LogP contribution in [0.4, 0.5) is 5.69 Å². The predicted octanol–water partition coefficient (Wildman–Crippen LogP) is 2.75. The van der Waals surface area contributed by atoms with E-state index in [1.807, 2.05) is 25.2 Å². The predicted molar refractivity (Wildman–Crippen MR) is 75.0 cm³/mol. The van der Waals surface area contributed by atoms with Gasteiger partial charge in [0.1, 0.15) is 0 Å². The van der Waals surface area contributed by atoms with Crippen molar-refractivity contribution in [3.05, 3.63) is 40.7 Å². The summed E-state index contributed by atoms with van der Waals surface area (Å²) in [6, 6.07) is 10.2. The molecule has 1 heterocycles. The van der Waals surface area contributed by atoms with Gasteiger partial charge >= 0.3 is 0 Å². The third kappa shape index (κ3) is 1.70. The summed E-state index contributed by atoms with van der Waals surface area (Å²) in [4.78, 5) is 11.9. The minimum Gasteiger partial charge on any atom is -0.381 e. The average molecular weight is 242 g/mol.